The van der Waals surface area contributed by atoms with E-state index in [0.717, 1.165) is 23.1 Å². The standard InChI is InChI=1S/C14H12N4.C9H8O4/c1-2-6-12(7-3-1)14-16-11-18(17-14)10-13-8-4-5-9-15-13;1-5-2-3-6(8(10)11)4-7(5)9(12)13/h1-9,11H,10H2;2-4H,1H3,(H,10,11)(H,12,13). The summed E-state index contributed by atoms with van der Waals surface area (Å²) in [6.07, 6.45) is 3.52. The number of nitrogens with zero attached hydrogens (tertiary/aromatic N) is 4. The molecule has 156 valence electrons. The molecule has 0 saturated carbocycles. The van der Waals surface area contributed by atoms with Gasteiger partial charge in [0.15, 0.2) is 5.82 Å². The Bertz CT molecular complexity index is 1170. The molecular formula is C23H20N4O4. The first kappa shape index (κ1) is 21.4. The molecule has 0 atom stereocenters. The number of aromatic carboxylic acids is 2. The van der Waals surface area contributed by atoms with Gasteiger partial charge in [-0.05, 0) is 36.8 Å². The normalized spacial score (nSPS) is 10.1. The maximum atomic E-state index is 10.6. The van der Waals surface area contributed by atoms with Crippen LogP contribution in [0.3, 0.4) is 0 Å². The highest BCUT2D eigenvalue weighted by molar-refractivity contribution is 5.94. The Morgan fingerprint density at radius 1 is 0.903 bits per heavy atom. The van der Waals surface area contributed by atoms with Gasteiger partial charge in [0.25, 0.3) is 0 Å². The Morgan fingerprint density at radius 2 is 1.65 bits per heavy atom. The molecule has 8 heteroatoms. The fraction of sp³-hybridized carbons (Fsp3) is 0.0870. The number of benzene rings is 2. The number of carboxylic acid groups (broad SMARTS) is 2. The summed E-state index contributed by atoms with van der Waals surface area (Å²) in [6, 6.07) is 19.8. The van der Waals surface area contributed by atoms with Crippen LogP contribution in [0.1, 0.15) is 32.0 Å². The Labute approximate surface area is 178 Å². The van der Waals surface area contributed by atoms with E-state index in [1.807, 2.05) is 48.5 Å². The second kappa shape index (κ2) is 9.93. The average Bonchev–Trinajstić information content (AvgIpc) is 3.24. The summed E-state index contributed by atoms with van der Waals surface area (Å²) in [6.45, 7) is 2.26. The fourth-order valence-electron chi connectivity index (χ4n) is 2.73. The van der Waals surface area contributed by atoms with Gasteiger partial charge in [-0.25, -0.2) is 19.3 Å². The molecule has 0 bridgehead atoms. The summed E-state index contributed by atoms with van der Waals surface area (Å²) in [5.74, 6) is -1.49. The molecule has 0 aliphatic heterocycles. The van der Waals surface area contributed by atoms with Crippen LogP contribution in [0, 0.1) is 6.92 Å². The lowest BCUT2D eigenvalue weighted by Gasteiger charge is -2.01. The lowest BCUT2D eigenvalue weighted by Crippen LogP contribution is -2.03. The summed E-state index contributed by atoms with van der Waals surface area (Å²) in [5, 5.41) is 21.7. The quantitative estimate of drug-likeness (QED) is 0.508. The number of carboxylic acids is 2. The van der Waals surface area contributed by atoms with Gasteiger partial charge in [-0.2, -0.15) is 5.10 Å². The molecule has 0 saturated heterocycles. The molecule has 31 heavy (non-hydrogen) atoms. The van der Waals surface area contributed by atoms with Gasteiger partial charge in [0.1, 0.15) is 6.33 Å². The fourth-order valence-corrected chi connectivity index (χ4v) is 2.73. The first-order chi connectivity index (χ1) is 14.9. The van der Waals surface area contributed by atoms with Crippen molar-refractivity contribution in [1.29, 1.82) is 0 Å². The summed E-state index contributed by atoms with van der Waals surface area (Å²) in [4.78, 5) is 29.7. The molecule has 0 aliphatic rings. The Kier molecular flexibility index (Phi) is 6.85. The predicted molar refractivity (Wildman–Crippen MR) is 114 cm³/mol. The van der Waals surface area contributed by atoms with Crippen molar-refractivity contribution in [1.82, 2.24) is 19.7 Å². The Hall–Kier alpha value is -4.33. The third-order valence-corrected chi connectivity index (χ3v) is 4.33. The average molecular weight is 416 g/mol. The van der Waals surface area contributed by atoms with E-state index in [-0.39, 0.29) is 11.1 Å². The van der Waals surface area contributed by atoms with Crippen molar-refractivity contribution in [2.75, 3.05) is 0 Å². The molecule has 0 fully saturated rings. The first-order valence-corrected chi connectivity index (χ1v) is 9.36. The molecule has 8 nitrogen and oxygen atoms in total. The molecular weight excluding hydrogens is 396 g/mol. The van der Waals surface area contributed by atoms with Crippen LogP contribution in [-0.2, 0) is 6.54 Å². The maximum absolute atomic E-state index is 10.6. The minimum atomic E-state index is -1.12. The lowest BCUT2D eigenvalue weighted by atomic mass is 10.1. The van der Waals surface area contributed by atoms with Gasteiger partial charge in [0.05, 0.1) is 23.4 Å². The van der Waals surface area contributed by atoms with Crippen molar-refractivity contribution in [2.24, 2.45) is 0 Å². The zero-order valence-electron chi connectivity index (χ0n) is 16.7. The molecule has 2 N–H and O–H groups in total. The van der Waals surface area contributed by atoms with Crippen molar-refractivity contribution in [3.8, 4) is 11.4 Å². The maximum Gasteiger partial charge on any atom is 0.335 e. The van der Waals surface area contributed by atoms with Crippen molar-refractivity contribution >= 4 is 11.9 Å². The highest BCUT2D eigenvalue weighted by atomic mass is 16.4. The molecule has 0 unspecified atom stereocenters. The number of hydrogen-bond acceptors (Lipinski definition) is 5. The van der Waals surface area contributed by atoms with Gasteiger partial charge in [-0.15, -0.1) is 0 Å². The van der Waals surface area contributed by atoms with Gasteiger partial charge in [-0.1, -0.05) is 42.5 Å². The molecule has 2 aromatic heterocycles. The van der Waals surface area contributed by atoms with E-state index in [1.54, 1.807) is 24.1 Å². The third-order valence-electron chi connectivity index (χ3n) is 4.33. The third kappa shape index (κ3) is 5.83. The topological polar surface area (TPSA) is 118 Å². The molecule has 0 spiro atoms. The van der Waals surface area contributed by atoms with Crippen molar-refractivity contribution in [2.45, 2.75) is 13.5 Å². The number of aryl methyl sites for hydroxylation is 1. The Morgan fingerprint density at radius 3 is 2.29 bits per heavy atom. The van der Waals surface area contributed by atoms with Crippen LogP contribution in [0.15, 0.2) is 79.3 Å². The highest BCUT2D eigenvalue weighted by Crippen LogP contribution is 2.13. The van der Waals surface area contributed by atoms with E-state index in [4.69, 9.17) is 10.2 Å². The minimum absolute atomic E-state index is 0.0111. The molecule has 2 aromatic carbocycles. The van der Waals surface area contributed by atoms with Gasteiger partial charge >= 0.3 is 11.9 Å². The molecule has 0 radical (unpaired) electrons. The highest BCUT2D eigenvalue weighted by Gasteiger charge is 2.10. The second-order valence-electron chi connectivity index (χ2n) is 6.59. The van der Waals surface area contributed by atoms with E-state index >= 15 is 0 Å². The monoisotopic (exact) mass is 416 g/mol. The summed E-state index contributed by atoms with van der Waals surface area (Å²) in [5.41, 5.74) is 2.57. The molecule has 0 amide bonds. The van der Waals surface area contributed by atoms with E-state index in [0.29, 0.717) is 12.1 Å². The van der Waals surface area contributed by atoms with Crippen LogP contribution >= 0.6 is 0 Å². The van der Waals surface area contributed by atoms with Gasteiger partial charge in [-0.3, -0.25) is 4.98 Å². The van der Waals surface area contributed by atoms with Gasteiger partial charge < -0.3 is 10.2 Å². The smallest absolute Gasteiger partial charge is 0.335 e. The van der Waals surface area contributed by atoms with Crippen LogP contribution in [0.5, 0.6) is 0 Å². The van der Waals surface area contributed by atoms with Crippen molar-refractivity contribution < 1.29 is 19.8 Å². The predicted octanol–water partition coefficient (Wildman–Crippen LogP) is 3.78. The minimum Gasteiger partial charge on any atom is -0.478 e. The van der Waals surface area contributed by atoms with E-state index in [2.05, 4.69) is 15.1 Å². The second-order valence-corrected chi connectivity index (χ2v) is 6.59. The summed E-state index contributed by atoms with van der Waals surface area (Å²) in [7, 11) is 0. The summed E-state index contributed by atoms with van der Waals surface area (Å²) >= 11 is 0. The molecule has 4 aromatic rings. The number of aromatic nitrogens is 4. The number of hydrogen-bond donors (Lipinski definition) is 2. The van der Waals surface area contributed by atoms with E-state index in [1.165, 1.54) is 12.1 Å². The van der Waals surface area contributed by atoms with Gasteiger partial charge in [0.2, 0.25) is 0 Å². The zero-order chi connectivity index (χ0) is 22.2. The first-order valence-electron chi connectivity index (χ1n) is 9.36. The van der Waals surface area contributed by atoms with Crippen LogP contribution in [0.4, 0.5) is 0 Å². The largest absolute Gasteiger partial charge is 0.478 e. The van der Waals surface area contributed by atoms with E-state index in [9.17, 15) is 9.59 Å². The SMILES string of the molecule is Cc1ccc(C(=O)O)cc1C(=O)O.c1ccc(-c2ncn(Cc3ccccn3)n2)cc1. The van der Waals surface area contributed by atoms with E-state index < -0.39 is 11.9 Å². The lowest BCUT2D eigenvalue weighted by molar-refractivity contribution is 0.0695. The van der Waals surface area contributed by atoms with Crippen LogP contribution in [0.2, 0.25) is 0 Å². The molecule has 2 heterocycles. The van der Waals surface area contributed by atoms with Crippen molar-refractivity contribution in [3.63, 3.8) is 0 Å². The molecule has 0 aliphatic carbocycles. The van der Waals surface area contributed by atoms with Crippen molar-refractivity contribution in [3.05, 3.63) is 102 Å². The molecule has 4 rings (SSSR count). The summed E-state index contributed by atoms with van der Waals surface area (Å²) < 4.78 is 1.80. The van der Waals surface area contributed by atoms with Crippen LogP contribution < -0.4 is 0 Å². The van der Waals surface area contributed by atoms with Crippen LogP contribution in [-0.4, -0.2) is 41.9 Å². The number of rotatable bonds is 5. The Balaban J connectivity index is 0.000000187. The number of carbonyl (C=O) groups is 2. The number of pyridine rings is 1. The van der Waals surface area contributed by atoms with Gasteiger partial charge in [0, 0.05) is 11.8 Å². The zero-order valence-corrected chi connectivity index (χ0v) is 16.7. The van der Waals surface area contributed by atoms with Crippen LogP contribution in [0.25, 0.3) is 11.4 Å².